The van der Waals surface area contributed by atoms with Gasteiger partial charge in [0.05, 0.1) is 10.5 Å². The fourth-order valence-corrected chi connectivity index (χ4v) is 2.60. The smallest absolute Gasteiger partial charge is 0.142 e. The standard InChI is InChI=1S/C16H15BrF3N/c1-3-21-16(10-5-4-6-12(17)15(10)20)11-8-13(18)9(2)7-14(11)19/h4-8,16,21H,3H2,1-2H3. The van der Waals surface area contributed by atoms with E-state index in [4.69, 9.17) is 0 Å². The van der Waals surface area contributed by atoms with Crippen molar-refractivity contribution in [3.63, 3.8) is 0 Å². The molecule has 0 radical (unpaired) electrons. The Labute approximate surface area is 130 Å². The van der Waals surface area contributed by atoms with E-state index in [-0.39, 0.29) is 21.2 Å². The molecule has 112 valence electrons. The molecule has 0 spiro atoms. The highest BCUT2D eigenvalue weighted by Crippen LogP contribution is 2.30. The Bertz CT molecular complexity index is 658. The summed E-state index contributed by atoms with van der Waals surface area (Å²) in [6.45, 7) is 3.81. The summed E-state index contributed by atoms with van der Waals surface area (Å²) in [5.74, 6) is -1.55. The lowest BCUT2D eigenvalue weighted by molar-refractivity contribution is 0.519. The third-order valence-electron chi connectivity index (χ3n) is 3.29. The molecule has 21 heavy (non-hydrogen) atoms. The van der Waals surface area contributed by atoms with Gasteiger partial charge in [-0.1, -0.05) is 19.1 Å². The van der Waals surface area contributed by atoms with Crippen LogP contribution in [0.4, 0.5) is 13.2 Å². The number of hydrogen-bond acceptors (Lipinski definition) is 1. The maximum atomic E-state index is 14.3. The molecule has 2 rings (SSSR count). The van der Waals surface area contributed by atoms with Crippen molar-refractivity contribution in [2.24, 2.45) is 0 Å². The molecule has 0 aliphatic heterocycles. The largest absolute Gasteiger partial charge is 0.306 e. The van der Waals surface area contributed by atoms with Crippen LogP contribution in [0.25, 0.3) is 0 Å². The van der Waals surface area contributed by atoms with E-state index in [0.29, 0.717) is 6.54 Å². The van der Waals surface area contributed by atoms with Crippen molar-refractivity contribution in [3.8, 4) is 0 Å². The van der Waals surface area contributed by atoms with E-state index in [1.54, 1.807) is 18.2 Å². The highest BCUT2D eigenvalue weighted by molar-refractivity contribution is 9.10. The van der Waals surface area contributed by atoms with Crippen LogP contribution in [-0.4, -0.2) is 6.54 Å². The number of aryl methyl sites for hydroxylation is 1. The summed E-state index contributed by atoms with van der Waals surface area (Å²) in [7, 11) is 0. The zero-order valence-electron chi connectivity index (χ0n) is 11.7. The van der Waals surface area contributed by atoms with Gasteiger partial charge in [0, 0.05) is 11.1 Å². The molecule has 0 fully saturated rings. The molecule has 0 saturated carbocycles. The third kappa shape index (κ3) is 3.30. The monoisotopic (exact) mass is 357 g/mol. The van der Waals surface area contributed by atoms with Gasteiger partial charge >= 0.3 is 0 Å². The Morgan fingerprint density at radius 2 is 1.81 bits per heavy atom. The molecule has 1 atom stereocenters. The number of hydrogen-bond donors (Lipinski definition) is 1. The van der Waals surface area contributed by atoms with Crippen LogP contribution in [0.2, 0.25) is 0 Å². The van der Waals surface area contributed by atoms with Crippen LogP contribution in [0.5, 0.6) is 0 Å². The topological polar surface area (TPSA) is 12.0 Å². The molecule has 2 aromatic rings. The van der Waals surface area contributed by atoms with Crippen LogP contribution >= 0.6 is 15.9 Å². The molecule has 0 amide bonds. The van der Waals surface area contributed by atoms with Crippen LogP contribution in [0.3, 0.4) is 0 Å². The summed E-state index contributed by atoms with van der Waals surface area (Å²) < 4.78 is 42.5. The van der Waals surface area contributed by atoms with Crippen LogP contribution in [-0.2, 0) is 0 Å². The van der Waals surface area contributed by atoms with Crippen molar-refractivity contribution in [1.29, 1.82) is 0 Å². The highest BCUT2D eigenvalue weighted by atomic mass is 79.9. The van der Waals surface area contributed by atoms with Crippen molar-refractivity contribution >= 4 is 15.9 Å². The van der Waals surface area contributed by atoms with Gasteiger partial charge < -0.3 is 5.32 Å². The van der Waals surface area contributed by atoms with Crippen LogP contribution < -0.4 is 5.32 Å². The first-order valence-corrected chi connectivity index (χ1v) is 7.37. The fourth-order valence-electron chi connectivity index (χ4n) is 2.22. The van der Waals surface area contributed by atoms with Crippen LogP contribution in [0, 0.1) is 24.4 Å². The number of rotatable bonds is 4. The number of benzene rings is 2. The Kier molecular flexibility index (Phi) is 5.06. The van der Waals surface area contributed by atoms with Crippen molar-refractivity contribution in [2.75, 3.05) is 6.54 Å². The van der Waals surface area contributed by atoms with Gasteiger partial charge in [0.15, 0.2) is 0 Å². The molecule has 5 heteroatoms. The van der Waals surface area contributed by atoms with E-state index < -0.39 is 23.5 Å². The minimum Gasteiger partial charge on any atom is -0.306 e. The first-order chi connectivity index (χ1) is 9.95. The first-order valence-electron chi connectivity index (χ1n) is 6.58. The van der Waals surface area contributed by atoms with Gasteiger partial charge in [0.2, 0.25) is 0 Å². The lowest BCUT2D eigenvalue weighted by Gasteiger charge is -2.21. The van der Waals surface area contributed by atoms with E-state index >= 15 is 0 Å². The Morgan fingerprint density at radius 1 is 1.10 bits per heavy atom. The van der Waals surface area contributed by atoms with E-state index in [1.165, 1.54) is 6.92 Å². The van der Waals surface area contributed by atoms with Gasteiger partial charge in [-0.15, -0.1) is 0 Å². The second-order valence-electron chi connectivity index (χ2n) is 4.76. The highest BCUT2D eigenvalue weighted by Gasteiger charge is 2.22. The van der Waals surface area contributed by atoms with Crippen LogP contribution in [0.15, 0.2) is 34.8 Å². The average molecular weight is 358 g/mol. The van der Waals surface area contributed by atoms with Crippen molar-refractivity contribution in [3.05, 3.63) is 68.9 Å². The normalized spacial score (nSPS) is 12.5. The molecule has 2 aromatic carbocycles. The van der Waals surface area contributed by atoms with Crippen molar-refractivity contribution < 1.29 is 13.2 Å². The van der Waals surface area contributed by atoms with E-state index in [0.717, 1.165) is 12.1 Å². The van der Waals surface area contributed by atoms with E-state index in [9.17, 15) is 13.2 Å². The SMILES string of the molecule is CCNC(c1cc(F)c(C)cc1F)c1cccc(Br)c1F. The van der Waals surface area contributed by atoms with Crippen molar-refractivity contribution in [2.45, 2.75) is 19.9 Å². The lowest BCUT2D eigenvalue weighted by atomic mass is 9.96. The van der Waals surface area contributed by atoms with Gasteiger partial charge in [0.1, 0.15) is 17.5 Å². The van der Waals surface area contributed by atoms with E-state index in [1.807, 2.05) is 6.92 Å². The predicted molar refractivity (Wildman–Crippen MR) is 80.7 cm³/mol. The molecule has 0 aromatic heterocycles. The van der Waals surface area contributed by atoms with E-state index in [2.05, 4.69) is 21.2 Å². The summed E-state index contributed by atoms with van der Waals surface area (Å²) in [6.07, 6.45) is 0. The fraction of sp³-hybridized carbons (Fsp3) is 0.250. The Morgan fingerprint density at radius 3 is 2.48 bits per heavy atom. The average Bonchev–Trinajstić information content (AvgIpc) is 2.44. The minimum absolute atomic E-state index is 0.0944. The van der Waals surface area contributed by atoms with Gasteiger partial charge in [-0.3, -0.25) is 0 Å². The van der Waals surface area contributed by atoms with Crippen molar-refractivity contribution in [1.82, 2.24) is 5.32 Å². The maximum Gasteiger partial charge on any atom is 0.142 e. The van der Waals surface area contributed by atoms with Crippen LogP contribution in [0.1, 0.15) is 29.7 Å². The maximum absolute atomic E-state index is 14.3. The molecule has 0 saturated heterocycles. The molecular weight excluding hydrogens is 343 g/mol. The predicted octanol–water partition coefficient (Wildman–Crippen LogP) is 4.87. The Hall–Kier alpha value is -1.33. The van der Waals surface area contributed by atoms with Gasteiger partial charge in [0.25, 0.3) is 0 Å². The molecule has 0 aliphatic carbocycles. The van der Waals surface area contributed by atoms with Gasteiger partial charge in [-0.25, -0.2) is 13.2 Å². The number of nitrogens with one attached hydrogen (secondary N) is 1. The number of halogens is 4. The first kappa shape index (κ1) is 16.0. The summed E-state index contributed by atoms with van der Waals surface area (Å²) in [5, 5.41) is 3.00. The lowest BCUT2D eigenvalue weighted by Crippen LogP contribution is -2.24. The zero-order chi connectivity index (χ0) is 15.6. The quantitative estimate of drug-likeness (QED) is 0.822. The zero-order valence-corrected chi connectivity index (χ0v) is 13.3. The molecule has 0 bridgehead atoms. The summed E-state index contributed by atoms with van der Waals surface area (Å²) in [5.41, 5.74) is 0.589. The molecule has 0 aliphatic rings. The summed E-state index contributed by atoms with van der Waals surface area (Å²) >= 11 is 3.11. The van der Waals surface area contributed by atoms with Gasteiger partial charge in [-0.2, -0.15) is 0 Å². The summed E-state index contributed by atoms with van der Waals surface area (Å²) in [6, 6.07) is 6.29. The summed E-state index contributed by atoms with van der Waals surface area (Å²) in [4.78, 5) is 0. The second-order valence-corrected chi connectivity index (χ2v) is 5.61. The molecule has 0 heterocycles. The minimum atomic E-state index is -0.748. The Balaban J connectivity index is 2.59. The molecule has 1 unspecified atom stereocenters. The molecule has 1 N–H and O–H groups in total. The molecule has 1 nitrogen and oxygen atoms in total. The molecular formula is C16H15BrF3N. The second kappa shape index (κ2) is 6.62. The third-order valence-corrected chi connectivity index (χ3v) is 3.90. The van der Waals surface area contributed by atoms with Gasteiger partial charge in [-0.05, 0) is 53.2 Å².